The van der Waals surface area contributed by atoms with Gasteiger partial charge in [-0.1, -0.05) is 6.07 Å². The number of nitro groups is 1. The molecule has 0 aliphatic heterocycles. The molecule has 6 heteroatoms. The highest BCUT2D eigenvalue weighted by Gasteiger charge is 2.13. The average Bonchev–Trinajstić information content (AvgIpc) is 2.45. The molecule has 2 rings (SSSR count). The van der Waals surface area contributed by atoms with Crippen LogP contribution in [0.2, 0.25) is 0 Å². The lowest BCUT2D eigenvalue weighted by Crippen LogP contribution is -2.02. The second kappa shape index (κ2) is 6.21. The lowest BCUT2D eigenvalue weighted by molar-refractivity contribution is -0.387. The van der Waals surface area contributed by atoms with Crippen molar-refractivity contribution in [1.29, 1.82) is 0 Å². The molecule has 0 amide bonds. The minimum Gasteiger partial charge on any atom is -0.497 e. The molecule has 0 spiro atoms. The van der Waals surface area contributed by atoms with Crippen molar-refractivity contribution in [2.24, 2.45) is 0 Å². The van der Waals surface area contributed by atoms with E-state index in [4.69, 9.17) is 4.74 Å². The molecular weight excluding hydrogens is 275 g/mol. The number of halogens is 1. The van der Waals surface area contributed by atoms with Crippen LogP contribution in [-0.4, -0.2) is 12.0 Å². The Balaban J connectivity index is 2.10. The molecule has 0 radical (unpaired) electrons. The summed E-state index contributed by atoms with van der Waals surface area (Å²) in [7, 11) is 1.60. The molecule has 0 unspecified atom stereocenters. The summed E-state index contributed by atoms with van der Waals surface area (Å²) < 4.78 is 18.6. The first kappa shape index (κ1) is 14.8. The number of anilines is 1. The topological polar surface area (TPSA) is 64.4 Å². The van der Waals surface area contributed by atoms with Gasteiger partial charge >= 0.3 is 5.69 Å². The van der Waals surface area contributed by atoms with Crippen LogP contribution in [-0.2, 0) is 6.54 Å². The molecule has 2 aromatic rings. The second-order valence-electron chi connectivity index (χ2n) is 4.58. The fourth-order valence-corrected chi connectivity index (χ4v) is 1.97. The molecule has 0 aliphatic rings. The van der Waals surface area contributed by atoms with Gasteiger partial charge in [0.25, 0.3) is 0 Å². The zero-order valence-electron chi connectivity index (χ0n) is 11.7. The van der Waals surface area contributed by atoms with Crippen LogP contribution >= 0.6 is 0 Å². The summed E-state index contributed by atoms with van der Waals surface area (Å²) in [6.07, 6.45) is 0. The first-order chi connectivity index (χ1) is 10.0. The maximum atomic E-state index is 13.5. The van der Waals surface area contributed by atoms with Crippen LogP contribution in [0.15, 0.2) is 36.4 Å². The molecule has 5 nitrogen and oxygen atoms in total. The molecule has 0 heterocycles. The van der Waals surface area contributed by atoms with Crippen molar-refractivity contribution >= 4 is 11.4 Å². The summed E-state index contributed by atoms with van der Waals surface area (Å²) in [6.45, 7) is 2.31. The Bertz CT molecular complexity index is 674. The summed E-state index contributed by atoms with van der Waals surface area (Å²) in [5.74, 6) is -0.0646. The Hall–Kier alpha value is -2.63. The monoisotopic (exact) mass is 290 g/mol. The standard InChI is InChI=1S/C15H15FN2O3/c1-10-7-12(21-2)4-5-14(10)17-9-11-3-6-15(18(19)20)13(16)8-11/h3-8,17H,9H2,1-2H3. The van der Waals surface area contributed by atoms with Crippen molar-refractivity contribution < 1.29 is 14.1 Å². The van der Waals surface area contributed by atoms with Crippen molar-refractivity contribution in [1.82, 2.24) is 0 Å². The molecule has 110 valence electrons. The van der Waals surface area contributed by atoms with E-state index in [1.54, 1.807) is 7.11 Å². The molecule has 0 atom stereocenters. The molecule has 0 saturated heterocycles. The number of ether oxygens (including phenoxy) is 1. The molecule has 21 heavy (non-hydrogen) atoms. The van der Waals surface area contributed by atoms with Gasteiger partial charge in [-0.05, 0) is 42.3 Å². The van der Waals surface area contributed by atoms with Crippen LogP contribution in [0.1, 0.15) is 11.1 Å². The smallest absolute Gasteiger partial charge is 0.304 e. The minimum atomic E-state index is -0.828. The molecule has 0 aliphatic carbocycles. The molecule has 0 bridgehead atoms. The lowest BCUT2D eigenvalue weighted by atomic mass is 10.1. The minimum absolute atomic E-state index is 0.377. The number of nitrogens with zero attached hydrogens (tertiary/aromatic N) is 1. The Morgan fingerprint density at radius 3 is 2.62 bits per heavy atom. The van der Waals surface area contributed by atoms with E-state index in [2.05, 4.69) is 5.32 Å². The zero-order valence-corrected chi connectivity index (χ0v) is 11.7. The maximum Gasteiger partial charge on any atom is 0.304 e. The largest absolute Gasteiger partial charge is 0.497 e. The van der Waals surface area contributed by atoms with E-state index in [0.29, 0.717) is 12.1 Å². The SMILES string of the molecule is COc1ccc(NCc2ccc([N+](=O)[O-])c(F)c2)c(C)c1. The van der Waals surface area contributed by atoms with E-state index >= 15 is 0 Å². The van der Waals surface area contributed by atoms with Crippen LogP contribution < -0.4 is 10.1 Å². The van der Waals surface area contributed by atoms with Gasteiger partial charge in [0.1, 0.15) is 5.75 Å². The van der Waals surface area contributed by atoms with E-state index in [1.165, 1.54) is 18.2 Å². The van der Waals surface area contributed by atoms with Crippen LogP contribution in [0, 0.1) is 22.9 Å². The quantitative estimate of drug-likeness (QED) is 0.674. The van der Waals surface area contributed by atoms with Gasteiger partial charge in [0.2, 0.25) is 5.82 Å². The maximum absolute atomic E-state index is 13.5. The van der Waals surface area contributed by atoms with Gasteiger partial charge in [-0.15, -0.1) is 0 Å². The third-order valence-electron chi connectivity index (χ3n) is 3.13. The van der Waals surface area contributed by atoms with Crippen molar-refractivity contribution in [3.05, 3.63) is 63.5 Å². The summed E-state index contributed by atoms with van der Waals surface area (Å²) in [6, 6.07) is 9.46. The Labute approximate surface area is 121 Å². The van der Waals surface area contributed by atoms with Gasteiger partial charge in [-0.25, -0.2) is 0 Å². The number of nitro benzene ring substituents is 1. The fraction of sp³-hybridized carbons (Fsp3) is 0.200. The summed E-state index contributed by atoms with van der Waals surface area (Å²) in [5.41, 5.74) is 2.01. The molecule has 1 N–H and O–H groups in total. The van der Waals surface area contributed by atoms with E-state index < -0.39 is 16.4 Å². The molecule has 2 aromatic carbocycles. The molecule has 0 fully saturated rings. The molecular formula is C15H15FN2O3. The lowest BCUT2D eigenvalue weighted by Gasteiger charge is -2.11. The van der Waals surface area contributed by atoms with Crippen molar-refractivity contribution in [2.45, 2.75) is 13.5 Å². The van der Waals surface area contributed by atoms with Crippen molar-refractivity contribution in [3.8, 4) is 5.75 Å². The van der Waals surface area contributed by atoms with Gasteiger partial charge in [0, 0.05) is 18.3 Å². The number of methoxy groups -OCH3 is 1. The van der Waals surface area contributed by atoms with Gasteiger partial charge in [0.15, 0.2) is 0 Å². The highest BCUT2D eigenvalue weighted by Crippen LogP contribution is 2.23. The van der Waals surface area contributed by atoms with Gasteiger partial charge in [0.05, 0.1) is 12.0 Å². The zero-order chi connectivity index (χ0) is 15.4. The Morgan fingerprint density at radius 1 is 1.29 bits per heavy atom. The van der Waals surface area contributed by atoms with E-state index in [-0.39, 0.29) is 0 Å². The summed E-state index contributed by atoms with van der Waals surface area (Å²) in [4.78, 5) is 9.82. The first-order valence-corrected chi connectivity index (χ1v) is 6.32. The van der Waals surface area contributed by atoms with E-state index in [1.807, 2.05) is 25.1 Å². The van der Waals surface area contributed by atoms with Gasteiger partial charge < -0.3 is 10.1 Å². The number of hydrogen-bond acceptors (Lipinski definition) is 4. The van der Waals surface area contributed by atoms with Crippen LogP contribution in [0.4, 0.5) is 15.8 Å². The average molecular weight is 290 g/mol. The summed E-state index contributed by atoms with van der Waals surface area (Å²) in [5, 5.41) is 13.7. The number of rotatable bonds is 5. The summed E-state index contributed by atoms with van der Waals surface area (Å²) >= 11 is 0. The van der Waals surface area contributed by atoms with Crippen LogP contribution in [0.5, 0.6) is 5.75 Å². The predicted octanol–water partition coefficient (Wildman–Crippen LogP) is 3.66. The number of hydrogen-bond donors (Lipinski definition) is 1. The Kier molecular flexibility index (Phi) is 4.37. The van der Waals surface area contributed by atoms with Crippen molar-refractivity contribution in [2.75, 3.05) is 12.4 Å². The van der Waals surface area contributed by atoms with Crippen LogP contribution in [0.3, 0.4) is 0 Å². The van der Waals surface area contributed by atoms with E-state index in [0.717, 1.165) is 17.0 Å². The second-order valence-corrected chi connectivity index (χ2v) is 4.58. The Morgan fingerprint density at radius 2 is 2.05 bits per heavy atom. The fourth-order valence-electron chi connectivity index (χ4n) is 1.97. The molecule has 0 saturated carbocycles. The highest BCUT2D eigenvalue weighted by molar-refractivity contribution is 5.54. The van der Waals surface area contributed by atoms with Gasteiger partial charge in [-0.2, -0.15) is 4.39 Å². The third kappa shape index (κ3) is 3.47. The number of aryl methyl sites for hydroxylation is 1. The first-order valence-electron chi connectivity index (χ1n) is 6.32. The number of nitrogens with one attached hydrogen (secondary N) is 1. The highest BCUT2D eigenvalue weighted by atomic mass is 19.1. The normalized spacial score (nSPS) is 10.2. The predicted molar refractivity (Wildman–Crippen MR) is 78.1 cm³/mol. The molecule has 0 aromatic heterocycles. The van der Waals surface area contributed by atoms with Crippen molar-refractivity contribution in [3.63, 3.8) is 0 Å². The van der Waals surface area contributed by atoms with E-state index in [9.17, 15) is 14.5 Å². The third-order valence-corrected chi connectivity index (χ3v) is 3.13. The van der Waals surface area contributed by atoms with Gasteiger partial charge in [-0.3, -0.25) is 10.1 Å². The van der Waals surface area contributed by atoms with Crippen LogP contribution in [0.25, 0.3) is 0 Å². The number of benzene rings is 2.